The van der Waals surface area contributed by atoms with E-state index in [1.807, 2.05) is 6.07 Å². The third-order valence-electron chi connectivity index (χ3n) is 2.79. The van der Waals surface area contributed by atoms with Crippen molar-refractivity contribution in [2.24, 2.45) is 0 Å². The number of carbonyl (C=O) groups excluding carboxylic acids is 1. The molecule has 0 atom stereocenters. The number of hydrogen-bond acceptors (Lipinski definition) is 3. The summed E-state index contributed by atoms with van der Waals surface area (Å²) in [6.07, 6.45) is 3.50. The van der Waals surface area contributed by atoms with Gasteiger partial charge in [0.2, 0.25) is 0 Å². The van der Waals surface area contributed by atoms with E-state index >= 15 is 0 Å². The van der Waals surface area contributed by atoms with Crippen LogP contribution in [0.15, 0.2) is 36.7 Å². The molecule has 0 unspecified atom stereocenters. The zero-order valence-electron chi connectivity index (χ0n) is 10.3. The van der Waals surface area contributed by atoms with Gasteiger partial charge in [0.05, 0.1) is 4.92 Å². The summed E-state index contributed by atoms with van der Waals surface area (Å²) in [5, 5.41) is 13.6. The Morgan fingerprint density at radius 2 is 2.21 bits per heavy atom. The molecule has 1 aromatic carbocycles. The summed E-state index contributed by atoms with van der Waals surface area (Å²) in [6, 6.07) is 6.40. The van der Waals surface area contributed by atoms with Gasteiger partial charge in [-0.25, -0.2) is 0 Å². The van der Waals surface area contributed by atoms with E-state index in [0.717, 1.165) is 5.56 Å². The molecule has 0 aliphatic heterocycles. The lowest BCUT2D eigenvalue weighted by molar-refractivity contribution is -0.385. The second-order valence-corrected chi connectivity index (χ2v) is 4.13. The normalized spacial score (nSPS) is 10.2. The summed E-state index contributed by atoms with van der Waals surface area (Å²) in [5.74, 6) is -0.439. The van der Waals surface area contributed by atoms with Gasteiger partial charge in [0.25, 0.3) is 11.6 Å². The molecule has 0 saturated heterocycles. The largest absolute Gasteiger partial charge is 0.367 e. The fraction of sp³-hybridized carbons (Fsp3) is 0.154. The number of aryl methyl sites for hydroxylation is 1. The van der Waals surface area contributed by atoms with Crippen LogP contribution in [0.4, 0.5) is 5.69 Å². The van der Waals surface area contributed by atoms with Crippen molar-refractivity contribution in [2.45, 2.75) is 13.5 Å². The van der Waals surface area contributed by atoms with Crippen molar-refractivity contribution in [2.75, 3.05) is 0 Å². The lowest BCUT2D eigenvalue weighted by Crippen LogP contribution is -2.24. The number of amides is 1. The predicted molar refractivity (Wildman–Crippen MR) is 69.8 cm³/mol. The van der Waals surface area contributed by atoms with Gasteiger partial charge in [0.1, 0.15) is 5.56 Å². The highest BCUT2D eigenvalue weighted by Crippen LogP contribution is 2.21. The summed E-state index contributed by atoms with van der Waals surface area (Å²) in [6.45, 7) is 2.01. The maximum atomic E-state index is 12.1. The molecular weight excluding hydrogens is 246 g/mol. The van der Waals surface area contributed by atoms with Crippen molar-refractivity contribution in [1.29, 1.82) is 0 Å². The van der Waals surface area contributed by atoms with Crippen LogP contribution in [-0.4, -0.2) is 15.8 Å². The number of nitro groups is 1. The lowest BCUT2D eigenvalue weighted by Gasteiger charge is -2.07. The fourth-order valence-electron chi connectivity index (χ4n) is 1.84. The van der Waals surface area contributed by atoms with E-state index in [2.05, 4.69) is 10.3 Å². The molecular formula is C13H13N3O3. The van der Waals surface area contributed by atoms with Crippen molar-refractivity contribution in [3.63, 3.8) is 0 Å². The summed E-state index contributed by atoms with van der Waals surface area (Å²) in [5.41, 5.74) is 1.43. The first kappa shape index (κ1) is 12.8. The second kappa shape index (κ2) is 5.34. The van der Waals surface area contributed by atoms with Gasteiger partial charge in [-0.3, -0.25) is 14.9 Å². The molecule has 2 rings (SSSR count). The lowest BCUT2D eigenvalue weighted by atomic mass is 10.1. The average molecular weight is 259 g/mol. The van der Waals surface area contributed by atoms with Gasteiger partial charge in [-0.1, -0.05) is 12.1 Å². The minimum Gasteiger partial charge on any atom is -0.367 e. The van der Waals surface area contributed by atoms with Crippen molar-refractivity contribution in [1.82, 2.24) is 10.3 Å². The van der Waals surface area contributed by atoms with E-state index in [1.165, 1.54) is 6.07 Å². The smallest absolute Gasteiger partial charge is 0.282 e. The number of aromatic amines is 1. The maximum Gasteiger partial charge on any atom is 0.282 e. The zero-order chi connectivity index (χ0) is 13.8. The van der Waals surface area contributed by atoms with Gasteiger partial charge in [0.15, 0.2) is 0 Å². The molecule has 0 aliphatic rings. The summed E-state index contributed by atoms with van der Waals surface area (Å²) in [4.78, 5) is 25.3. The van der Waals surface area contributed by atoms with Crippen LogP contribution in [0.3, 0.4) is 0 Å². The van der Waals surface area contributed by atoms with Crippen molar-refractivity contribution >= 4 is 11.6 Å². The molecule has 98 valence electrons. The molecule has 0 saturated carbocycles. The average Bonchev–Trinajstić information content (AvgIpc) is 2.88. The number of rotatable bonds is 4. The van der Waals surface area contributed by atoms with Crippen LogP contribution in [0, 0.1) is 17.0 Å². The van der Waals surface area contributed by atoms with Crippen molar-refractivity contribution in [3.05, 3.63) is 63.5 Å². The van der Waals surface area contributed by atoms with Gasteiger partial charge >= 0.3 is 0 Å². The number of benzene rings is 1. The van der Waals surface area contributed by atoms with Crippen LogP contribution in [-0.2, 0) is 6.54 Å². The van der Waals surface area contributed by atoms with E-state index in [-0.39, 0.29) is 11.3 Å². The summed E-state index contributed by atoms with van der Waals surface area (Å²) >= 11 is 0. The number of nitrogens with one attached hydrogen (secondary N) is 2. The number of nitrogens with zero attached hydrogens (tertiary/aromatic N) is 1. The predicted octanol–water partition coefficient (Wildman–Crippen LogP) is 2.16. The molecule has 1 amide bonds. The van der Waals surface area contributed by atoms with Gasteiger partial charge in [-0.2, -0.15) is 0 Å². The highest BCUT2D eigenvalue weighted by atomic mass is 16.6. The monoisotopic (exact) mass is 259 g/mol. The second-order valence-electron chi connectivity index (χ2n) is 4.13. The molecule has 0 spiro atoms. The quantitative estimate of drug-likeness (QED) is 0.651. The Bertz CT molecular complexity index is 606. The fourth-order valence-corrected chi connectivity index (χ4v) is 1.84. The molecule has 2 N–H and O–H groups in total. The molecule has 0 bridgehead atoms. The van der Waals surface area contributed by atoms with E-state index in [1.54, 1.807) is 31.5 Å². The zero-order valence-corrected chi connectivity index (χ0v) is 10.3. The SMILES string of the molecule is Cc1cccc([N+](=O)[O-])c1C(=O)NCc1cc[nH]c1. The first-order valence-corrected chi connectivity index (χ1v) is 5.73. The van der Waals surface area contributed by atoms with Crippen LogP contribution in [0.2, 0.25) is 0 Å². The Balaban J connectivity index is 2.21. The maximum absolute atomic E-state index is 12.1. The van der Waals surface area contributed by atoms with E-state index in [4.69, 9.17) is 0 Å². The Hall–Kier alpha value is -2.63. The number of H-pyrrole nitrogens is 1. The van der Waals surface area contributed by atoms with Gasteiger partial charge in [0, 0.05) is 25.0 Å². The number of carbonyl (C=O) groups is 1. The summed E-state index contributed by atoms with van der Waals surface area (Å²) < 4.78 is 0. The molecule has 0 fully saturated rings. The van der Waals surface area contributed by atoms with Gasteiger partial charge in [-0.05, 0) is 24.1 Å². The number of hydrogen-bond donors (Lipinski definition) is 2. The molecule has 2 aromatic rings. The molecule has 19 heavy (non-hydrogen) atoms. The Kier molecular flexibility index (Phi) is 3.61. The van der Waals surface area contributed by atoms with Crippen molar-refractivity contribution < 1.29 is 9.72 Å². The topological polar surface area (TPSA) is 88.0 Å². The van der Waals surface area contributed by atoms with Crippen LogP contribution in [0.1, 0.15) is 21.5 Å². The summed E-state index contributed by atoms with van der Waals surface area (Å²) in [7, 11) is 0. The third-order valence-corrected chi connectivity index (χ3v) is 2.79. The van der Waals surface area contributed by atoms with Crippen LogP contribution >= 0.6 is 0 Å². The standard InChI is InChI=1S/C13H13N3O3/c1-9-3-2-4-11(16(18)19)12(9)13(17)15-8-10-5-6-14-7-10/h2-7,14H,8H2,1H3,(H,15,17). The third kappa shape index (κ3) is 2.79. The Morgan fingerprint density at radius 3 is 2.84 bits per heavy atom. The highest BCUT2D eigenvalue weighted by molar-refractivity contribution is 5.99. The molecule has 0 radical (unpaired) electrons. The van der Waals surface area contributed by atoms with Gasteiger partial charge < -0.3 is 10.3 Å². The van der Waals surface area contributed by atoms with E-state index < -0.39 is 10.8 Å². The molecule has 0 aliphatic carbocycles. The molecule has 6 nitrogen and oxygen atoms in total. The molecule has 1 heterocycles. The van der Waals surface area contributed by atoms with Crippen LogP contribution in [0.5, 0.6) is 0 Å². The minimum atomic E-state index is -0.543. The Labute approximate surface area is 109 Å². The van der Waals surface area contributed by atoms with Crippen molar-refractivity contribution in [3.8, 4) is 0 Å². The minimum absolute atomic E-state index is 0.114. The van der Waals surface area contributed by atoms with Crippen LogP contribution < -0.4 is 5.32 Å². The molecule has 6 heteroatoms. The van der Waals surface area contributed by atoms with Crippen LogP contribution in [0.25, 0.3) is 0 Å². The van der Waals surface area contributed by atoms with E-state index in [9.17, 15) is 14.9 Å². The number of nitro benzene ring substituents is 1. The highest BCUT2D eigenvalue weighted by Gasteiger charge is 2.21. The molecule has 1 aromatic heterocycles. The first-order valence-electron chi connectivity index (χ1n) is 5.73. The first-order chi connectivity index (χ1) is 9.09. The Morgan fingerprint density at radius 1 is 1.42 bits per heavy atom. The number of aromatic nitrogens is 1. The van der Waals surface area contributed by atoms with Gasteiger partial charge in [-0.15, -0.1) is 0 Å². The van der Waals surface area contributed by atoms with E-state index in [0.29, 0.717) is 12.1 Å².